The molecule has 0 aliphatic heterocycles. The Kier molecular flexibility index (Phi) is 4.76. The highest BCUT2D eigenvalue weighted by atomic mass is 15.1. The molecule has 1 aromatic rings. The van der Waals surface area contributed by atoms with Gasteiger partial charge >= 0.3 is 0 Å². The molecule has 0 amide bonds. The minimum atomic E-state index is 0.308. The standard InChI is InChI=1S/C16H28N4/c1-6-7-17-13-8-16(2,3)9-14-12(13)10-18-15(19-14)11-20(4)5/h10,13,17H,6-9,11H2,1-5H3. The molecule has 0 saturated heterocycles. The van der Waals surface area contributed by atoms with Crippen molar-refractivity contribution in [3.8, 4) is 0 Å². The fraction of sp³-hybridized carbons (Fsp3) is 0.750. The Labute approximate surface area is 123 Å². The molecule has 1 aromatic heterocycles. The van der Waals surface area contributed by atoms with Crippen molar-refractivity contribution in [3.05, 3.63) is 23.3 Å². The summed E-state index contributed by atoms with van der Waals surface area (Å²) in [4.78, 5) is 11.5. The van der Waals surface area contributed by atoms with Gasteiger partial charge < -0.3 is 10.2 Å². The smallest absolute Gasteiger partial charge is 0.142 e. The van der Waals surface area contributed by atoms with Gasteiger partial charge in [0.1, 0.15) is 5.82 Å². The summed E-state index contributed by atoms with van der Waals surface area (Å²) in [5.41, 5.74) is 2.85. The monoisotopic (exact) mass is 276 g/mol. The first-order valence-corrected chi connectivity index (χ1v) is 7.64. The molecule has 1 N–H and O–H groups in total. The lowest BCUT2D eigenvalue weighted by Gasteiger charge is -2.36. The third-order valence-electron chi connectivity index (χ3n) is 3.83. The van der Waals surface area contributed by atoms with Gasteiger partial charge in [0.25, 0.3) is 0 Å². The quantitative estimate of drug-likeness (QED) is 0.897. The topological polar surface area (TPSA) is 41.1 Å². The molecule has 1 unspecified atom stereocenters. The van der Waals surface area contributed by atoms with Crippen LogP contribution in [-0.2, 0) is 13.0 Å². The number of hydrogen-bond acceptors (Lipinski definition) is 4. The second-order valence-corrected chi connectivity index (χ2v) is 6.98. The Balaban J connectivity index is 2.26. The Morgan fingerprint density at radius 1 is 1.40 bits per heavy atom. The van der Waals surface area contributed by atoms with Crippen molar-refractivity contribution < 1.29 is 0 Å². The number of aromatic nitrogens is 2. The maximum Gasteiger partial charge on any atom is 0.142 e. The van der Waals surface area contributed by atoms with Crippen LogP contribution in [0, 0.1) is 5.41 Å². The summed E-state index contributed by atoms with van der Waals surface area (Å²) in [7, 11) is 4.11. The van der Waals surface area contributed by atoms with Gasteiger partial charge in [0.15, 0.2) is 0 Å². The molecule has 0 radical (unpaired) electrons. The molecule has 0 saturated carbocycles. The van der Waals surface area contributed by atoms with Gasteiger partial charge in [-0.05, 0) is 45.3 Å². The number of nitrogens with one attached hydrogen (secondary N) is 1. The Hall–Kier alpha value is -1.00. The molecular formula is C16H28N4. The van der Waals surface area contributed by atoms with Crippen LogP contribution in [0.3, 0.4) is 0 Å². The lowest BCUT2D eigenvalue weighted by atomic mass is 9.74. The number of hydrogen-bond donors (Lipinski definition) is 1. The molecule has 1 aliphatic carbocycles. The van der Waals surface area contributed by atoms with Gasteiger partial charge in [0, 0.05) is 23.5 Å². The second kappa shape index (κ2) is 6.19. The van der Waals surface area contributed by atoms with Gasteiger partial charge in [-0.15, -0.1) is 0 Å². The molecule has 4 heteroatoms. The first kappa shape index (κ1) is 15.4. The number of nitrogens with zero attached hydrogens (tertiary/aromatic N) is 3. The molecule has 20 heavy (non-hydrogen) atoms. The van der Waals surface area contributed by atoms with Crippen molar-refractivity contribution in [2.75, 3.05) is 20.6 Å². The van der Waals surface area contributed by atoms with Crippen molar-refractivity contribution in [1.29, 1.82) is 0 Å². The van der Waals surface area contributed by atoms with E-state index in [4.69, 9.17) is 4.98 Å². The van der Waals surface area contributed by atoms with E-state index in [1.54, 1.807) is 0 Å². The zero-order chi connectivity index (χ0) is 14.8. The lowest BCUT2D eigenvalue weighted by molar-refractivity contribution is 0.252. The fourth-order valence-electron chi connectivity index (χ4n) is 2.95. The molecule has 0 fully saturated rings. The molecular weight excluding hydrogens is 248 g/mol. The first-order valence-electron chi connectivity index (χ1n) is 7.64. The largest absolute Gasteiger partial charge is 0.310 e. The van der Waals surface area contributed by atoms with E-state index in [1.807, 2.05) is 6.20 Å². The molecule has 112 valence electrons. The third kappa shape index (κ3) is 3.76. The summed E-state index contributed by atoms with van der Waals surface area (Å²) in [6.45, 7) is 8.74. The van der Waals surface area contributed by atoms with E-state index in [-0.39, 0.29) is 0 Å². The Morgan fingerprint density at radius 2 is 2.15 bits per heavy atom. The maximum absolute atomic E-state index is 4.81. The highest BCUT2D eigenvalue weighted by Crippen LogP contribution is 2.39. The summed E-state index contributed by atoms with van der Waals surface area (Å²) in [6, 6.07) is 0.405. The van der Waals surface area contributed by atoms with Crippen LogP contribution in [0.4, 0.5) is 0 Å². The fourth-order valence-corrected chi connectivity index (χ4v) is 2.95. The highest BCUT2D eigenvalue weighted by molar-refractivity contribution is 5.26. The van der Waals surface area contributed by atoms with Crippen LogP contribution in [0.5, 0.6) is 0 Å². The van der Waals surface area contributed by atoms with E-state index >= 15 is 0 Å². The lowest BCUT2D eigenvalue weighted by Crippen LogP contribution is -2.35. The molecule has 1 heterocycles. The average Bonchev–Trinajstić information content (AvgIpc) is 2.33. The Morgan fingerprint density at radius 3 is 2.80 bits per heavy atom. The van der Waals surface area contributed by atoms with E-state index in [0.29, 0.717) is 11.5 Å². The van der Waals surface area contributed by atoms with E-state index < -0.39 is 0 Å². The number of rotatable bonds is 5. The number of fused-ring (bicyclic) bond motifs is 1. The maximum atomic E-state index is 4.81. The molecule has 2 rings (SSSR count). The molecule has 1 atom stereocenters. The van der Waals surface area contributed by atoms with Gasteiger partial charge in [-0.3, -0.25) is 0 Å². The second-order valence-electron chi connectivity index (χ2n) is 6.98. The van der Waals surface area contributed by atoms with Crippen molar-refractivity contribution in [2.45, 2.75) is 52.6 Å². The molecule has 0 aromatic carbocycles. The minimum Gasteiger partial charge on any atom is -0.310 e. The van der Waals surface area contributed by atoms with Crippen LogP contribution in [0.1, 0.15) is 56.7 Å². The summed E-state index contributed by atoms with van der Waals surface area (Å²) in [6.07, 6.45) is 5.42. The average molecular weight is 276 g/mol. The van der Waals surface area contributed by atoms with Gasteiger partial charge in [-0.1, -0.05) is 20.8 Å². The minimum absolute atomic E-state index is 0.308. The molecule has 1 aliphatic rings. The van der Waals surface area contributed by atoms with E-state index in [1.165, 1.54) is 11.3 Å². The van der Waals surface area contributed by atoms with Gasteiger partial charge in [0.05, 0.1) is 6.54 Å². The Bertz CT molecular complexity index is 454. The zero-order valence-electron chi connectivity index (χ0n) is 13.5. The third-order valence-corrected chi connectivity index (χ3v) is 3.83. The van der Waals surface area contributed by atoms with Gasteiger partial charge in [-0.25, -0.2) is 9.97 Å². The van der Waals surface area contributed by atoms with Crippen molar-refractivity contribution in [3.63, 3.8) is 0 Å². The summed E-state index contributed by atoms with van der Waals surface area (Å²) >= 11 is 0. The zero-order valence-corrected chi connectivity index (χ0v) is 13.5. The van der Waals surface area contributed by atoms with Crippen molar-refractivity contribution in [2.24, 2.45) is 5.41 Å². The summed E-state index contributed by atoms with van der Waals surface area (Å²) in [5, 5.41) is 3.65. The highest BCUT2D eigenvalue weighted by Gasteiger charge is 2.33. The normalized spacial score (nSPS) is 21.0. The van der Waals surface area contributed by atoms with E-state index in [9.17, 15) is 0 Å². The van der Waals surface area contributed by atoms with Crippen LogP contribution in [0.25, 0.3) is 0 Å². The molecule has 0 bridgehead atoms. The predicted molar refractivity (Wildman–Crippen MR) is 82.6 cm³/mol. The van der Waals surface area contributed by atoms with E-state index in [0.717, 1.165) is 38.2 Å². The SMILES string of the molecule is CCCNC1CC(C)(C)Cc2nc(CN(C)C)ncc21. The van der Waals surface area contributed by atoms with Crippen molar-refractivity contribution in [1.82, 2.24) is 20.2 Å². The summed E-state index contributed by atoms with van der Waals surface area (Å²) < 4.78 is 0. The van der Waals surface area contributed by atoms with E-state index in [2.05, 4.69) is 50.1 Å². The molecule has 4 nitrogen and oxygen atoms in total. The van der Waals surface area contributed by atoms with Gasteiger partial charge in [-0.2, -0.15) is 0 Å². The van der Waals surface area contributed by atoms with Crippen LogP contribution in [0.2, 0.25) is 0 Å². The molecule has 0 spiro atoms. The van der Waals surface area contributed by atoms with Crippen LogP contribution in [0.15, 0.2) is 6.20 Å². The van der Waals surface area contributed by atoms with Crippen LogP contribution < -0.4 is 5.32 Å². The summed E-state index contributed by atoms with van der Waals surface area (Å²) in [5.74, 6) is 0.931. The predicted octanol–water partition coefficient (Wildman–Crippen LogP) is 2.55. The van der Waals surface area contributed by atoms with Gasteiger partial charge in [0.2, 0.25) is 0 Å². The van der Waals surface area contributed by atoms with Crippen molar-refractivity contribution >= 4 is 0 Å². The van der Waals surface area contributed by atoms with Crippen LogP contribution in [-0.4, -0.2) is 35.5 Å². The van der Waals surface area contributed by atoms with Crippen LogP contribution >= 0.6 is 0 Å². The first-order chi connectivity index (χ1) is 9.41.